The highest BCUT2D eigenvalue weighted by molar-refractivity contribution is 7.17. The molecule has 0 aliphatic rings. The molecule has 2 aromatic heterocycles. The molecule has 120 valence electrons. The Bertz CT molecular complexity index is 1130. The summed E-state index contributed by atoms with van der Waals surface area (Å²) in [7, 11) is 1.94. The van der Waals surface area contributed by atoms with Gasteiger partial charge in [0.1, 0.15) is 5.69 Å². The zero-order valence-corrected chi connectivity index (χ0v) is 14.2. The highest BCUT2D eigenvalue weighted by Crippen LogP contribution is 2.27. The van der Waals surface area contributed by atoms with Crippen LogP contribution in [0.1, 0.15) is 17.4 Å². The first-order valence-corrected chi connectivity index (χ1v) is 8.59. The van der Waals surface area contributed by atoms with Gasteiger partial charge in [-0.1, -0.05) is 41.7 Å². The number of thiazole rings is 1. The molecule has 6 heteroatoms. The Morgan fingerprint density at radius 1 is 1.21 bits per heavy atom. The topological polar surface area (TPSA) is 52.2 Å². The molecule has 4 rings (SSSR count). The van der Waals surface area contributed by atoms with E-state index in [0.29, 0.717) is 17.0 Å². The van der Waals surface area contributed by atoms with Crippen molar-refractivity contribution in [2.75, 3.05) is 0 Å². The van der Waals surface area contributed by atoms with E-state index < -0.39 is 0 Å². The smallest absolute Gasteiger partial charge is 0.297 e. The standard InChI is InChI=1S/C18H16N4OS/c1-3-22-15(10-11-19-22)17(23)20-18-21(2)14-9-8-12-6-4-5-7-13(12)16(14)24-18/h4-11H,3H2,1-2H3. The Morgan fingerprint density at radius 2 is 2.04 bits per heavy atom. The molecule has 0 radical (unpaired) electrons. The molecular formula is C18H16N4OS. The van der Waals surface area contributed by atoms with Gasteiger partial charge in [-0.2, -0.15) is 10.1 Å². The molecule has 0 saturated carbocycles. The highest BCUT2D eigenvalue weighted by Gasteiger charge is 2.12. The Hall–Kier alpha value is -2.73. The molecule has 0 fully saturated rings. The van der Waals surface area contributed by atoms with E-state index in [9.17, 15) is 4.79 Å². The summed E-state index contributed by atoms with van der Waals surface area (Å²) in [6, 6.07) is 14.1. The molecule has 1 amide bonds. The zero-order chi connectivity index (χ0) is 16.7. The minimum atomic E-state index is -0.263. The van der Waals surface area contributed by atoms with E-state index in [0.717, 1.165) is 10.2 Å². The molecule has 2 heterocycles. The Balaban J connectivity index is 1.92. The van der Waals surface area contributed by atoms with Crippen molar-refractivity contribution in [1.29, 1.82) is 0 Å². The summed E-state index contributed by atoms with van der Waals surface area (Å²) < 4.78 is 4.78. The number of hydrogen-bond acceptors (Lipinski definition) is 3. The fourth-order valence-corrected chi connectivity index (χ4v) is 4.03. The van der Waals surface area contributed by atoms with Gasteiger partial charge in [-0.3, -0.25) is 9.48 Å². The lowest BCUT2D eigenvalue weighted by Crippen LogP contribution is -2.15. The fraction of sp³-hybridized carbons (Fsp3) is 0.167. The molecule has 0 N–H and O–H groups in total. The molecule has 0 aliphatic carbocycles. The van der Waals surface area contributed by atoms with Crippen molar-refractivity contribution in [2.24, 2.45) is 12.0 Å². The molecule has 0 aliphatic heterocycles. The Labute approximate surface area is 142 Å². The van der Waals surface area contributed by atoms with Crippen LogP contribution in [-0.4, -0.2) is 20.3 Å². The van der Waals surface area contributed by atoms with Crippen LogP contribution in [0.15, 0.2) is 53.7 Å². The lowest BCUT2D eigenvalue weighted by atomic mass is 10.1. The Kier molecular flexibility index (Phi) is 3.54. The minimum Gasteiger partial charge on any atom is -0.319 e. The summed E-state index contributed by atoms with van der Waals surface area (Å²) in [5, 5.41) is 6.51. The number of hydrogen-bond donors (Lipinski definition) is 0. The number of aryl methyl sites for hydroxylation is 2. The third-order valence-electron chi connectivity index (χ3n) is 4.13. The average Bonchev–Trinajstić information content (AvgIpc) is 3.20. The molecule has 0 bridgehead atoms. The van der Waals surface area contributed by atoms with Crippen molar-refractivity contribution in [3.05, 3.63) is 59.2 Å². The summed E-state index contributed by atoms with van der Waals surface area (Å²) in [5.41, 5.74) is 1.59. The second kappa shape index (κ2) is 5.72. The van der Waals surface area contributed by atoms with Crippen LogP contribution in [-0.2, 0) is 13.6 Å². The second-order valence-corrected chi connectivity index (χ2v) is 6.51. The lowest BCUT2D eigenvalue weighted by Gasteiger charge is -2.00. The first-order chi connectivity index (χ1) is 11.7. The van der Waals surface area contributed by atoms with Gasteiger partial charge in [0, 0.05) is 25.2 Å². The maximum atomic E-state index is 12.5. The van der Waals surface area contributed by atoms with Crippen LogP contribution in [0.5, 0.6) is 0 Å². The molecule has 4 aromatic rings. The van der Waals surface area contributed by atoms with Crippen LogP contribution >= 0.6 is 11.3 Å². The molecular weight excluding hydrogens is 320 g/mol. The van der Waals surface area contributed by atoms with Crippen molar-refractivity contribution in [3.63, 3.8) is 0 Å². The van der Waals surface area contributed by atoms with Gasteiger partial charge in [0.05, 0.1) is 10.2 Å². The van der Waals surface area contributed by atoms with Crippen molar-refractivity contribution >= 4 is 38.2 Å². The van der Waals surface area contributed by atoms with Gasteiger partial charge >= 0.3 is 0 Å². The monoisotopic (exact) mass is 336 g/mol. The van der Waals surface area contributed by atoms with E-state index in [2.05, 4.69) is 34.4 Å². The predicted molar refractivity (Wildman–Crippen MR) is 96.1 cm³/mol. The van der Waals surface area contributed by atoms with Gasteiger partial charge in [0.25, 0.3) is 5.91 Å². The third-order valence-corrected chi connectivity index (χ3v) is 5.31. The quantitative estimate of drug-likeness (QED) is 0.564. The number of aromatic nitrogens is 3. The SMILES string of the molecule is CCn1nccc1C(=O)N=c1sc2c3ccccc3ccc2n1C. The van der Waals surface area contributed by atoms with Gasteiger partial charge in [-0.25, -0.2) is 0 Å². The molecule has 0 unspecified atom stereocenters. The van der Waals surface area contributed by atoms with Crippen LogP contribution < -0.4 is 4.80 Å². The normalized spacial score (nSPS) is 12.3. The van der Waals surface area contributed by atoms with Crippen LogP contribution in [0, 0.1) is 0 Å². The van der Waals surface area contributed by atoms with E-state index in [4.69, 9.17) is 0 Å². The van der Waals surface area contributed by atoms with Crippen LogP contribution in [0.4, 0.5) is 0 Å². The van der Waals surface area contributed by atoms with Gasteiger partial charge in [-0.15, -0.1) is 0 Å². The summed E-state index contributed by atoms with van der Waals surface area (Å²) in [6.07, 6.45) is 1.63. The molecule has 0 saturated heterocycles. The van der Waals surface area contributed by atoms with E-state index in [1.165, 1.54) is 22.1 Å². The minimum absolute atomic E-state index is 0.263. The first kappa shape index (κ1) is 14.8. The van der Waals surface area contributed by atoms with Crippen molar-refractivity contribution in [2.45, 2.75) is 13.5 Å². The first-order valence-electron chi connectivity index (χ1n) is 7.77. The van der Waals surface area contributed by atoms with E-state index >= 15 is 0 Å². The summed E-state index contributed by atoms with van der Waals surface area (Å²) in [5.74, 6) is -0.263. The second-order valence-electron chi connectivity index (χ2n) is 5.53. The van der Waals surface area contributed by atoms with E-state index in [1.807, 2.05) is 30.7 Å². The average molecular weight is 336 g/mol. The molecule has 0 spiro atoms. The largest absolute Gasteiger partial charge is 0.319 e. The van der Waals surface area contributed by atoms with Gasteiger partial charge in [0.15, 0.2) is 4.80 Å². The lowest BCUT2D eigenvalue weighted by molar-refractivity contribution is 0.0988. The number of rotatable bonds is 2. The van der Waals surface area contributed by atoms with E-state index in [-0.39, 0.29) is 5.91 Å². The summed E-state index contributed by atoms with van der Waals surface area (Å²) in [6.45, 7) is 2.60. The molecule has 2 aromatic carbocycles. The van der Waals surface area contributed by atoms with Crippen molar-refractivity contribution in [1.82, 2.24) is 14.3 Å². The number of carbonyl (C=O) groups is 1. The molecule has 5 nitrogen and oxygen atoms in total. The number of amides is 1. The Morgan fingerprint density at radius 3 is 2.88 bits per heavy atom. The fourth-order valence-electron chi connectivity index (χ4n) is 2.87. The van der Waals surface area contributed by atoms with Gasteiger partial charge in [0.2, 0.25) is 0 Å². The third kappa shape index (κ3) is 2.27. The van der Waals surface area contributed by atoms with Crippen LogP contribution in [0.3, 0.4) is 0 Å². The maximum Gasteiger partial charge on any atom is 0.297 e. The predicted octanol–water partition coefficient (Wildman–Crippen LogP) is 3.35. The summed E-state index contributed by atoms with van der Waals surface area (Å²) in [4.78, 5) is 17.5. The summed E-state index contributed by atoms with van der Waals surface area (Å²) >= 11 is 1.54. The van der Waals surface area contributed by atoms with Gasteiger partial charge < -0.3 is 4.57 Å². The van der Waals surface area contributed by atoms with Gasteiger partial charge in [-0.05, 0) is 24.4 Å². The van der Waals surface area contributed by atoms with Crippen LogP contribution in [0.2, 0.25) is 0 Å². The van der Waals surface area contributed by atoms with Crippen molar-refractivity contribution < 1.29 is 4.79 Å². The number of nitrogens with zero attached hydrogens (tertiary/aromatic N) is 4. The number of carbonyl (C=O) groups excluding carboxylic acids is 1. The van der Waals surface area contributed by atoms with Crippen molar-refractivity contribution in [3.8, 4) is 0 Å². The number of benzene rings is 2. The van der Waals surface area contributed by atoms with E-state index in [1.54, 1.807) is 16.9 Å². The molecule has 24 heavy (non-hydrogen) atoms. The van der Waals surface area contributed by atoms with Crippen LogP contribution in [0.25, 0.3) is 21.0 Å². The zero-order valence-electron chi connectivity index (χ0n) is 13.4. The maximum absolute atomic E-state index is 12.5. The number of fused-ring (bicyclic) bond motifs is 3. The molecule has 0 atom stereocenters. The highest BCUT2D eigenvalue weighted by atomic mass is 32.1.